The SMILES string of the molecule is NC(=O)C1CCN(S(=O)(=O)Cc2ccccc2C(N)=S)C1. The summed E-state index contributed by atoms with van der Waals surface area (Å²) in [6, 6.07) is 6.88. The molecule has 1 aliphatic heterocycles. The molecule has 114 valence electrons. The number of sulfonamides is 1. The van der Waals surface area contributed by atoms with Gasteiger partial charge in [-0.25, -0.2) is 12.7 Å². The second-order valence-electron chi connectivity index (χ2n) is 5.02. The lowest BCUT2D eigenvalue weighted by Gasteiger charge is -2.17. The van der Waals surface area contributed by atoms with Crippen molar-refractivity contribution in [1.29, 1.82) is 0 Å². The summed E-state index contributed by atoms with van der Waals surface area (Å²) in [5.41, 5.74) is 12.0. The fraction of sp³-hybridized carbons (Fsp3) is 0.385. The van der Waals surface area contributed by atoms with Gasteiger partial charge in [0, 0.05) is 18.7 Å². The van der Waals surface area contributed by atoms with Crippen molar-refractivity contribution in [2.75, 3.05) is 13.1 Å². The molecule has 1 atom stereocenters. The van der Waals surface area contributed by atoms with Gasteiger partial charge in [-0.15, -0.1) is 0 Å². The zero-order valence-corrected chi connectivity index (χ0v) is 13.0. The fourth-order valence-electron chi connectivity index (χ4n) is 2.39. The minimum Gasteiger partial charge on any atom is -0.389 e. The molecule has 6 nitrogen and oxygen atoms in total. The molecule has 1 amide bonds. The first-order valence-corrected chi connectivity index (χ1v) is 8.48. The summed E-state index contributed by atoms with van der Waals surface area (Å²) in [5, 5.41) is 0. The summed E-state index contributed by atoms with van der Waals surface area (Å²) in [6.07, 6.45) is 0.464. The van der Waals surface area contributed by atoms with E-state index < -0.39 is 21.8 Å². The lowest BCUT2D eigenvalue weighted by atomic mass is 10.1. The van der Waals surface area contributed by atoms with Crippen molar-refractivity contribution < 1.29 is 13.2 Å². The Bertz CT molecular complexity index is 673. The zero-order valence-electron chi connectivity index (χ0n) is 11.4. The van der Waals surface area contributed by atoms with Crippen molar-refractivity contribution in [3.8, 4) is 0 Å². The molecule has 1 aromatic rings. The van der Waals surface area contributed by atoms with E-state index >= 15 is 0 Å². The number of rotatable bonds is 5. The van der Waals surface area contributed by atoms with Crippen LogP contribution >= 0.6 is 12.2 Å². The van der Waals surface area contributed by atoms with Crippen LogP contribution in [0.1, 0.15) is 17.5 Å². The van der Waals surface area contributed by atoms with Crippen LogP contribution in [0.15, 0.2) is 24.3 Å². The van der Waals surface area contributed by atoms with Crippen molar-refractivity contribution in [2.45, 2.75) is 12.2 Å². The number of benzene rings is 1. The molecule has 4 N–H and O–H groups in total. The van der Waals surface area contributed by atoms with E-state index in [2.05, 4.69) is 0 Å². The molecular formula is C13H17N3O3S2. The Labute approximate surface area is 129 Å². The summed E-state index contributed by atoms with van der Waals surface area (Å²) >= 11 is 4.93. The van der Waals surface area contributed by atoms with Crippen LogP contribution in [0.25, 0.3) is 0 Å². The molecule has 2 rings (SSSR count). The number of amides is 1. The van der Waals surface area contributed by atoms with Gasteiger partial charge in [-0.3, -0.25) is 4.79 Å². The van der Waals surface area contributed by atoms with Crippen LogP contribution < -0.4 is 11.5 Å². The minimum atomic E-state index is -3.53. The van der Waals surface area contributed by atoms with Crippen LogP contribution in [0.5, 0.6) is 0 Å². The van der Waals surface area contributed by atoms with Gasteiger partial charge in [0.2, 0.25) is 15.9 Å². The highest BCUT2D eigenvalue weighted by atomic mass is 32.2. The zero-order chi connectivity index (χ0) is 15.6. The monoisotopic (exact) mass is 327 g/mol. The third-order valence-corrected chi connectivity index (χ3v) is 5.58. The summed E-state index contributed by atoms with van der Waals surface area (Å²) in [5.74, 6) is -1.06. The highest BCUT2D eigenvalue weighted by Crippen LogP contribution is 2.22. The smallest absolute Gasteiger partial charge is 0.221 e. The quantitative estimate of drug-likeness (QED) is 0.738. The van der Waals surface area contributed by atoms with Crippen LogP contribution in [0, 0.1) is 5.92 Å². The largest absolute Gasteiger partial charge is 0.389 e. The number of hydrogen-bond acceptors (Lipinski definition) is 4. The number of carbonyl (C=O) groups excluding carboxylic acids is 1. The standard InChI is InChI=1S/C13H17N3O3S2/c14-12(17)9-5-6-16(7-9)21(18,19)8-10-3-1-2-4-11(10)13(15)20/h1-4,9H,5-8H2,(H2,14,17)(H2,15,20). The summed E-state index contributed by atoms with van der Waals surface area (Å²) in [7, 11) is -3.53. The number of carbonyl (C=O) groups is 1. The highest BCUT2D eigenvalue weighted by molar-refractivity contribution is 7.88. The van der Waals surface area contributed by atoms with E-state index in [-0.39, 0.29) is 17.3 Å². The first-order chi connectivity index (χ1) is 9.81. The average Bonchev–Trinajstić information content (AvgIpc) is 2.89. The first kappa shape index (κ1) is 15.9. The normalized spacial score (nSPS) is 19.5. The Morgan fingerprint density at radius 1 is 1.33 bits per heavy atom. The van der Waals surface area contributed by atoms with Gasteiger partial charge < -0.3 is 11.5 Å². The molecule has 1 aliphatic rings. The molecule has 0 aliphatic carbocycles. The molecule has 0 bridgehead atoms. The van der Waals surface area contributed by atoms with Crippen LogP contribution in [0.4, 0.5) is 0 Å². The topological polar surface area (TPSA) is 106 Å². The molecular weight excluding hydrogens is 310 g/mol. The second-order valence-corrected chi connectivity index (χ2v) is 7.43. The molecule has 0 spiro atoms. The Hall–Kier alpha value is -1.51. The third-order valence-electron chi connectivity index (χ3n) is 3.57. The van der Waals surface area contributed by atoms with Gasteiger partial charge in [-0.2, -0.15) is 0 Å². The molecule has 1 heterocycles. The van der Waals surface area contributed by atoms with Crippen molar-refractivity contribution >= 4 is 33.1 Å². The van der Waals surface area contributed by atoms with Gasteiger partial charge in [0.05, 0.1) is 11.7 Å². The van der Waals surface area contributed by atoms with E-state index in [1.165, 1.54) is 4.31 Å². The van der Waals surface area contributed by atoms with Crippen LogP contribution in [-0.4, -0.2) is 36.7 Å². The molecule has 1 unspecified atom stereocenters. The summed E-state index contributed by atoms with van der Waals surface area (Å²) < 4.78 is 26.2. The van der Waals surface area contributed by atoms with Gasteiger partial charge >= 0.3 is 0 Å². The maximum absolute atomic E-state index is 12.4. The van der Waals surface area contributed by atoms with Gasteiger partial charge in [0.15, 0.2) is 0 Å². The van der Waals surface area contributed by atoms with Crippen molar-refractivity contribution in [2.24, 2.45) is 17.4 Å². The van der Waals surface area contributed by atoms with Crippen LogP contribution in [0.2, 0.25) is 0 Å². The number of thiocarbonyl (C=S) groups is 1. The predicted octanol–water partition coefficient (Wildman–Crippen LogP) is -0.0422. The van der Waals surface area contributed by atoms with E-state index in [1.807, 2.05) is 0 Å². The van der Waals surface area contributed by atoms with Crippen LogP contribution in [-0.2, 0) is 20.6 Å². The Morgan fingerprint density at radius 2 is 2.00 bits per heavy atom. The van der Waals surface area contributed by atoms with Gasteiger partial charge in [0.1, 0.15) is 4.99 Å². The summed E-state index contributed by atoms with van der Waals surface area (Å²) in [6.45, 7) is 0.456. The lowest BCUT2D eigenvalue weighted by molar-refractivity contribution is -0.121. The van der Waals surface area contributed by atoms with E-state index in [9.17, 15) is 13.2 Å². The van der Waals surface area contributed by atoms with E-state index in [4.69, 9.17) is 23.7 Å². The molecule has 1 saturated heterocycles. The average molecular weight is 327 g/mol. The molecule has 1 fully saturated rings. The number of hydrogen-bond donors (Lipinski definition) is 2. The fourth-order valence-corrected chi connectivity index (χ4v) is 4.20. The third kappa shape index (κ3) is 3.58. The lowest BCUT2D eigenvalue weighted by Crippen LogP contribution is -2.33. The van der Waals surface area contributed by atoms with Gasteiger partial charge in [-0.05, 0) is 12.0 Å². The van der Waals surface area contributed by atoms with Crippen molar-refractivity contribution in [1.82, 2.24) is 4.31 Å². The second kappa shape index (κ2) is 6.08. The van der Waals surface area contributed by atoms with Crippen molar-refractivity contribution in [3.05, 3.63) is 35.4 Å². The van der Waals surface area contributed by atoms with Gasteiger partial charge in [-0.1, -0.05) is 36.5 Å². The minimum absolute atomic E-state index is 0.146. The Morgan fingerprint density at radius 3 is 2.57 bits per heavy atom. The molecule has 8 heteroatoms. The Kier molecular flexibility index (Phi) is 4.60. The number of primary amides is 1. The summed E-state index contributed by atoms with van der Waals surface area (Å²) in [4.78, 5) is 11.3. The van der Waals surface area contributed by atoms with E-state index in [0.717, 1.165) is 0 Å². The number of nitrogens with two attached hydrogens (primary N) is 2. The first-order valence-electron chi connectivity index (χ1n) is 6.46. The predicted molar refractivity (Wildman–Crippen MR) is 83.8 cm³/mol. The van der Waals surface area contributed by atoms with E-state index in [1.54, 1.807) is 24.3 Å². The molecule has 0 saturated carbocycles. The molecule has 1 aromatic carbocycles. The number of nitrogens with zero attached hydrogens (tertiary/aromatic N) is 1. The Balaban J connectivity index is 2.19. The molecule has 21 heavy (non-hydrogen) atoms. The molecule has 0 radical (unpaired) electrons. The maximum Gasteiger partial charge on any atom is 0.221 e. The van der Waals surface area contributed by atoms with Crippen LogP contribution in [0.3, 0.4) is 0 Å². The molecule has 0 aromatic heterocycles. The maximum atomic E-state index is 12.4. The highest BCUT2D eigenvalue weighted by Gasteiger charge is 2.34. The van der Waals surface area contributed by atoms with Crippen molar-refractivity contribution in [3.63, 3.8) is 0 Å². The van der Waals surface area contributed by atoms with Gasteiger partial charge in [0.25, 0.3) is 0 Å². The van der Waals surface area contributed by atoms with E-state index in [0.29, 0.717) is 24.1 Å².